The SMILES string of the molecule is C[C@H]1CC[C@H](C(N)=O)CN1C(=O)c1cccc(S(=O)(=O)Nc2cccc(Cl)c2)c1. The number of nitrogens with two attached hydrogens (primary N) is 1. The van der Waals surface area contributed by atoms with Gasteiger partial charge in [-0.3, -0.25) is 14.3 Å². The number of amides is 2. The number of nitrogens with zero attached hydrogens (tertiary/aromatic N) is 1. The Kier molecular flexibility index (Phi) is 6.14. The number of sulfonamides is 1. The topological polar surface area (TPSA) is 110 Å². The molecule has 1 saturated heterocycles. The third-order valence-electron chi connectivity index (χ3n) is 5.01. The van der Waals surface area contributed by atoms with Gasteiger partial charge in [0.2, 0.25) is 5.91 Å². The summed E-state index contributed by atoms with van der Waals surface area (Å²) in [5, 5.41) is 0.400. The number of primary amides is 1. The molecule has 9 heteroatoms. The third kappa shape index (κ3) is 4.89. The van der Waals surface area contributed by atoms with E-state index < -0.39 is 21.8 Å². The van der Waals surface area contributed by atoms with E-state index in [1.165, 1.54) is 24.3 Å². The van der Waals surface area contributed by atoms with Crippen molar-refractivity contribution in [2.24, 2.45) is 11.7 Å². The summed E-state index contributed by atoms with van der Waals surface area (Å²) >= 11 is 5.90. The molecular weight excluding hydrogens is 414 g/mol. The minimum absolute atomic E-state index is 0.0422. The largest absolute Gasteiger partial charge is 0.369 e. The molecule has 2 atom stereocenters. The number of carbonyl (C=O) groups excluding carboxylic acids is 2. The van der Waals surface area contributed by atoms with E-state index >= 15 is 0 Å². The van der Waals surface area contributed by atoms with Crippen LogP contribution >= 0.6 is 11.6 Å². The number of rotatable bonds is 5. The summed E-state index contributed by atoms with van der Waals surface area (Å²) in [6, 6.07) is 12.1. The summed E-state index contributed by atoms with van der Waals surface area (Å²) < 4.78 is 27.9. The minimum Gasteiger partial charge on any atom is -0.369 e. The average Bonchev–Trinajstić information content (AvgIpc) is 2.67. The van der Waals surface area contributed by atoms with Crippen LogP contribution in [0.25, 0.3) is 0 Å². The molecule has 7 nitrogen and oxygen atoms in total. The molecule has 2 amide bonds. The second-order valence-corrected chi connectivity index (χ2v) is 9.25. The van der Waals surface area contributed by atoms with Crippen LogP contribution in [0.1, 0.15) is 30.1 Å². The second kappa shape index (κ2) is 8.42. The Morgan fingerprint density at radius 1 is 1.14 bits per heavy atom. The second-order valence-electron chi connectivity index (χ2n) is 7.13. The van der Waals surface area contributed by atoms with Crippen molar-refractivity contribution in [3.63, 3.8) is 0 Å². The van der Waals surface area contributed by atoms with Crippen LogP contribution < -0.4 is 10.5 Å². The van der Waals surface area contributed by atoms with Gasteiger partial charge in [-0.2, -0.15) is 0 Å². The Morgan fingerprint density at radius 2 is 1.86 bits per heavy atom. The first-order valence-electron chi connectivity index (χ1n) is 9.16. The molecule has 0 saturated carbocycles. The first kappa shape index (κ1) is 21.1. The van der Waals surface area contributed by atoms with E-state index in [1.54, 1.807) is 29.2 Å². The molecule has 1 fully saturated rings. The lowest BCUT2D eigenvalue weighted by atomic mass is 9.92. The van der Waals surface area contributed by atoms with Crippen LogP contribution in [-0.2, 0) is 14.8 Å². The number of hydrogen-bond donors (Lipinski definition) is 2. The lowest BCUT2D eigenvalue weighted by Gasteiger charge is -2.37. The number of carbonyl (C=O) groups is 2. The van der Waals surface area contributed by atoms with Crippen molar-refractivity contribution >= 4 is 39.1 Å². The van der Waals surface area contributed by atoms with Crippen LogP contribution in [0.5, 0.6) is 0 Å². The maximum Gasteiger partial charge on any atom is 0.261 e. The molecule has 1 heterocycles. The van der Waals surface area contributed by atoms with Crippen LogP contribution in [0.15, 0.2) is 53.4 Å². The van der Waals surface area contributed by atoms with Gasteiger partial charge < -0.3 is 10.6 Å². The number of nitrogens with one attached hydrogen (secondary N) is 1. The van der Waals surface area contributed by atoms with Crippen molar-refractivity contribution in [1.29, 1.82) is 0 Å². The Labute approximate surface area is 174 Å². The summed E-state index contributed by atoms with van der Waals surface area (Å²) in [6.45, 7) is 2.13. The molecule has 1 aliphatic heterocycles. The molecule has 0 spiro atoms. The van der Waals surface area contributed by atoms with E-state index in [1.807, 2.05) is 6.92 Å². The standard InChI is InChI=1S/C20H22ClN3O4S/c1-13-8-9-15(19(22)25)12-24(13)20(26)14-4-2-7-18(10-14)29(27,28)23-17-6-3-5-16(21)11-17/h2-7,10-11,13,15,23H,8-9,12H2,1H3,(H2,22,25)/t13-,15-/m0/s1. The van der Waals surface area contributed by atoms with E-state index in [2.05, 4.69) is 4.72 Å². The third-order valence-corrected chi connectivity index (χ3v) is 6.63. The van der Waals surface area contributed by atoms with E-state index in [0.29, 0.717) is 23.6 Å². The minimum atomic E-state index is -3.91. The molecular formula is C20H22ClN3O4S. The predicted molar refractivity (Wildman–Crippen MR) is 111 cm³/mol. The zero-order valence-electron chi connectivity index (χ0n) is 15.8. The highest BCUT2D eigenvalue weighted by molar-refractivity contribution is 7.92. The normalized spacial score (nSPS) is 19.6. The Bertz CT molecular complexity index is 1040. The van der Waals surface area contributed by atoms with Gasteiger partial charge in [-0.15, -0.1) is 0 Å². The maximum atomic E-state index is 13.0. The number of anilines is 1. The molecule has 0 bridgehead atoms. The van der Waals surface area contributed by atoms with Crippen molar-refractivity contribution in [2.75, 3.05) is 11.3 Å². The van der Waals surface area contributed by atoms with Crippen LogP contribution in [0, 0.1) is 5.92 Å². The lowest BCUT2D eigenvalue weighted by Crippen LogP contribution is -2.48. The fraction of sp³-hybridized carbons (Fsp3) is 0.300. The van der Waals surface area contributed by atoms with Crippen molar-refractivity contribution in [3.05, 3.63) is 59.1 Å². The highest BCUT2D eigenvalue weighted by Crippen LogP contribution is 2.25. The molecule has 0 radical (unpaired) electrons. The molecule has 0 aromatic heterocycles. The first-order chi connectivity index (χ1) is 13.7. The van der Waals surface area contributed by atoms with Crippen LogP contribution in [-0.4, -0.2) is 37.7 Å². The van der Waals surface area contributed by atoms with Gasteiger partial charge in [-0.05, 0) is 56.2 Å². The Balaban J connectivity index is 1.84. The monoisotopic (exact) mass is 435 g/mol. The van der Waals surface area contributed by atoms with E-state index in [9.17, 15) is 18.0 Å². The molecule has 3 N–H and O–H groups in total. The molecule has 0 unspecified atom stereocenters. The quantitative estimate of drug-likeness (QED) is 0.752. The lowest BCUT2D eigenvalue weighted by molar-refractivity contribution is -0.123. The number of likely N-dealkylation sites (tertiary alicyclic amines) is 1. The molecule has 2 aromatic rings. The molecule has 154 valence electrons. The number of piperidine rings is 1. The number of benzene rings is 2. The Morgan fingerprint density at radius 3 is 2.55 bits per heavy atom. The van der Waals surface area contributed by atoms with Crippen molar-refractivity contribution < 1.29 is 18.0 Å². The van der Waals surface area contributed by atoms with Crippen molar-refractivity contribution in [2.45, 2.75) is 30.7 Å². The van der Waals surface area contributed by atoms with Gasteiger partial charge in [0.15, 0.2) is 0 Å². The maximum absolute atomic E-state index is 13.0. The molecule has 3 rings (SSSR count). The first-order valence-corrected chi connectivity index (χ1v) is 11.0. The van der Waals surface area contributed by atoms with E-state index in [0.717, 1.165) is 0 Å². The zero-order valence-corrected chi connectivity index (χ0v) is 17.4. The van der Waals surface area contributed by atoms with Gasteiger partial charge in [0.25, 0.3) is 15.9 Å². The fourth-order valence-electron chi connectivity index (χ4n) is 3.35. The molecule has 29 heavy (non-hydrogen) atoms. The van der Waals surface area contributed by atoms with Gasteiger partial charge in [0.05, 0.1) is 16.5 Å². The van der Waals surface area contributed by atoms with Gasteiger partial charge >= 0.3 is 0 Å². The summed E-state index contributed by atoms with van der Waals surface area (Å²) in [4.78, 5) is 26.1. The highest BCUT2D eigenvalue weighted by Gasteiger charge is 2.32. The van der Waals surface area contributed by atoms with E-state index in [-0.39, 0.29) is 29.0 Å². The van der Waals surface area contributed by atoms with Crippen LogP contribution in [0.3, 0.4) is 0 Å². The van der Waals surface area contributed by atoms with Crippen LogP contribution in [0.2, 0.25) is 5.02 Å². The summed E-state index contributed by atoms with van der Waals surface area (Å²) in [5.41, 5.74) is 5.96. The van der Waals surface area contributed by atoms with Gasteiger partial charge in [0, 0.05) is 23.2 Å². The van der Waals surface area contributed by atoms with Gasteiger partial charge in [-0.25, -0.2) is 8.42 Å². The molecule has 2 aromatic carbocycles. The van der Waals surface area contributed by atoms with E-state index in [4.69, 9.17) is 17.3 Å². The predicted octanol–water partition coefficient (Wildman–Crippen LogP) is 2.87. The average molecular weight is 436 g/mol. The number of hydrogen-bond acceptors (Lipinski definition) is 4. The zero-order chi connectivity index (χ0) is 21.2. The fourth-order valence-corrected chi connectivity index (χ4v) is 4.64. The summed E-state index contributed by atoms with van der Waals surface area (Å²) in [7, 11) is -3.91. The van der Waals surface area contributed by atoms with Crippen molar-refractivity contribution in [3.8, 4) is 0 Å². The molecule has 1 aliphatic rings. The van der Waals surface area contributed by atoms with Crippen LogP contribution in [0.4, 0.5) is 5.69 Å². The number of halogens is 1. The smallest absolute Gasteiger partial charge is 0.261 e. The highest BCUT2D eigenvalue weighted by atomic mass is 35.5. The van der Waals surface area contributed by atoms with Gasteiger partial charge in [-0.1, -0.05) is 23.7 Å². The Hall–Kier alpha value is -2.58. The summed E-state index contributed by atoms with van der Waals surface area (Å²) in [6.07, 6.45) is 1.30. The van der Waals surface area contributed by atoms with Crippen molar-refractivity contribution in [1.82, 2.24) is 4.90 Å². The molecule has 0 aliphatic carbocycles. The van der Waals surface area contributed by atoms with Gasteiger partial charge in [0.1, 0.15) is 0 Å². The summed E-state index contributed by atoms with van der Waals surface area (Å²) in [5.74, 6) is -1.16.